The Morgan fingerprint density at radius 1 is 1.54 bits per heavy atom. The molecule has 0 amide bonds. The van der Waals surface area contributed by atoms with Gasteiger partial charge in [0.05, 0.1) is 5.37 Å². The second kappa shape index (κ2) is 4.22. The lowest BCUT2D eigenvalue weighted by Crippen LogP contribution is -2.12. The number of hydrogen-bond donors (Lipinski definition) is 1. The van der Waals surface area contributed by atoms with Crippen molar-refractivity contribution in [2.45, 2.75) is 5.37 Å². The van der Waals surface area contributed by atoms with Gasteiger partial charge in [-0.05, 0) is 12.1 Å². The molecule has 0 spiro atoms. The number of thioether (sulfide) groups is 1. The number of rotatable bonds is 1. The predicted molar refractivity (Wildman–Crippen MR) is 62.4 cm³/mol. The average Bonchev–Trinajstić information content (AvgIpc) is 2.57. The molecular formula is C9H9BrClNS. The topological polar surface area (TPSA) is 12.0 Å². The lowest BCUT2D eigenvalue weighted by molar-refractivity contribution is 0.749. The molecule has 0 bridgehead atoms. The zero-order chi connectivity index (χ0) is 9.26. The van der Waals surface area contributed by atoms with Crippen LogP contribution in [0, 0.1) is 0 Å². The van der Waals surface area contributed by atoms with Gasteiger partial charge in [0, 0.05) is 27.4 Å². The third-order valence-electron chi connectivity index (χ3n) is 1.98. The van der Waals surface area contributed by atoms with Crippen molar-refractivity contribution < 1.29 is 0 Å². The van der Waals surface area contributed by atoms with Gasteiger partial charge in [0.25, 0.3) is 0 Å². The molecule has 1 aliphatic rings. The first-order valence-electron chi connectivity index (χ1n) is 4.08. The van der Waals surface area contributed by atoms with Gasteiger partial charge in [-0.15, -0.1) is 11.8 Å². The quantitative estimate of drug-likeness (QED) is 0.844. The molecule has 4 heteroatoms. The van der Waals surface area contributed by atoms with Gasteiger partial charge in [0.15, 0.2) is 0 Å². The fourth-order valence-corrected chi connectivity index (χ4v) is 3.71. The molecule has 1 fully saturated rings. The lowest BCUT2D eigenvalue weighted by Gasteiger charge is -2.13. The van der Waals surface area contributed by atoms with Crippen LogP contribution in [0.2, 0.25) is 5.02 Å². The molecule has 1 atom stereocenters. The normalized spacial score (nSPS) is 22.2. The molecule has 1 nitrogen and oxygen atoms in total. The molecule has 0 saturated carbocycles. The summed E-state index contributed by atoms with van der Waals surface area (Å²) < 4.78 is 1.09. The highest BCUT2D eigenvalue weighted by Gasteiger charge is 2.21. The van der Waals surface area contributed by atoms with Gasteiger partial charge < -0.3 is 5.32 Å². The Hall–Kier alpha value is 0.300. The van der Waals surface area contributed by atoms with Crippen molar-refractivity contribution in [2.24, 2.45) is 0 Å². The fourth-order valence-electron chi connectivity index (χ4n) is 1.37. The van der Waals surface area contributed by atoms with Crippen LogP contribution in [0.5, 0.6) is 0 Å². The van der Waals surface area contributed by atoms with Gasteiger partial charge in [0.1, 0.15) is 0 Å². The minimum atomic E-state index is 0.350. The molecule has 1 N–H and O–H groups in total. The summed E-state index contributed by atoms with van der Waals surface area (Å²) in [6.45, 7) is 1.06. The van der Waals surface area contributed by atoms with E-state index in [4.69, 9.17) is 11.6 Å². The Morgan fingerprint density at radius 2 is 2.38 bits per heavy atom. The van der Waals surface area contributed by atoms with Crippen LogP contribution in [-0.4, -0.2) is 12.3 Å². The molecule has 13 heavy (non-hydrogen) atoms. The van der Waals surface area contributed by atoms with Crippen molar-refractivity contribution in [2.75, 3.05) is 12.3 Å². The van der Waals surface area contributed by atoms with E-state index < -0.39 is 0 Å². The Labute approximate surface area is 95.4 Å². The number of hydrogen-bond acceptors (Lipinski definition) is 2. The third-order valence-corrected chi connectivity index (χ3v) is 4.17. The zero-order valence-electron chi connectivity index (χ0n) is 6.89. The summed E-state index contributed by atoms with van der Waals surface area (Å²) in [6.07, 6.45) is 0. The monoisotopic (exact) mass is 277 g/mol. The minimum Gasteiger partial charge on any atom is -0.301 e. The van der Waals surface area contributed by atoms with Crippen molar-refractivity contribution >= 4 is 39.3 Å². The summed E-state index contributed by atoms with van der Waals surface area (Å²) in [5, 5.41) is 4.59. The van der Waals surface area contributed by atoms with Gasteiger partial charge in [-0.2, -0.15) is 0 Å². The van der Waals surface area contributed by atoms with Crippen molar-refractivity contribution in [3.05, 3.63) is 33.3 Å². The maximum Gasteiger partial charge on any atom is 0.0815 e. The van der Waals surface area contributed by atoms with Gasteiger partial charge in [-0.1, -0.05) is 33.6 Å². The van der Waals surface area contributed by atoms with E-state index >= 15 is 0 Å². The van der Waals surface area contributed by atoms with Crippen LogP contribution in [-0.2, 0) is 0 Å². The van der Waals surface area contributed by atoms with E-state index in [1.165, 1.54) is 5.56 Å². The summed E-state index contributed by atoms with van der Waals surface area (Å²) in [5.41, 5.74) is 1.17. The molecule has 70 valence electrons. The maximum atomic E-state index is 6.13. The largest absolute Gasteiger partial charge is 0.301 e. The van der Waals surface area contributed by atoms with Gasteiger partial charge in [-0.3, -0.25) is 0 Å². The summed E-state index contributed by atoms with van der Waals surface area (Å²) in [5.74, 6) is 1.16. The molecular weight excluding hydrogens is 270 g/mol. The molecule has 2 rings (SSSR count). The van der Waals surface area contributed by atoms with Crippen LogP contribution >= 0.6 is 39.3 Å². The van der Waals surface area contributed by atoms with Crippen LogP contribution in [0.25, 0.3) is 0 Å². The number of halogens is 2. The minimum absolute atomic E-state index is 0.350. The Morgan fingerprint density at radius 3 is 3.00 bits per heavy atom. The maximum absolute atomic E-state index is 6.13. The number of benzene rings is 1. The first-order valence-corrected chi connectivity index (χ1v) is 6.30. The van der Waals surface area contributed by atoms with E-state index in [-0.39, 0.29) is 0 Å². The Bertz CT molecular complexity index is 292. The molecule has 0 aromatic heterocycles. The number of nitrogens with one attached hydrogen (secondary N) is 1. The van der Waals surface area contributed by atoms with Gasteiger partial charge in [0.2, 0.25) is 0 Å². The fraction of sp³-hybridized carbons (Fsp3) is 0.333. The molecule has 1 saturated heterocycles. The van der Waals surface area contributed by atoms with Crippen molar-refractivity contribution in [3.63, 3.8) is 0 Å². The van der Waals surface area contributed by atoms with E-state index in [0.29, 0.717) is 5.37 Å². The second-order valence-corrected chi connectivity index (χ2v) is 5.31. The summed E-state index contributed by atoms with van der Waals surface area (Å²) in [7, 11) is 0. The van der Waals surface area contributed by atoms with Crippen LogP contribution in [0.4, 0.5) is 0 Å². The zero-order valence-corrected chi connectivity index (χ0v) is 10.0. The van der Waals surface area contributed by atoms with Crippen LogP contribution in [0.15, 0.2) is 22.7 Å². The van der Waals surface area contributed by atoms with Crippen molar-refractivity contribution in [1.82, 2.24) is 5.32 Å². The van der Waals surface area contributed by atoms with E-state index in [1.807, 2.05) is 30.0 Å². The molecule has 0 radical (unpaired) electrons. The highest BCUT2D eigenvalue weighted by molar-refractivity contribution is 9.10. The van der Waals surface area contributed by atoms with E-state index in [1.54, 1.807) is 0 Å². The summed E-state index contributed by atoms with van der Waals surface area (Å²) in [4.78, 5) is 0. The molecule has 0 aliphatic carbocycles. The van der Waals surface area contributed by atoms with Crippen LogP contribution < -0.4 is 5.32 Å². The van der Waals surface area contributed by atoms with Crippen LogP contribution in [0.1, 0.15) is 10.9 Å². The van der Waals surface area contributed by atoms with Gasteiger partial charge in [-0.25, -0.2) is 0 Å². The first kappa shape index (κ1) is 9.84. The summed E-state index contributed by atoms with van der Waals surface area (Å²) >= 11 is 11.5. The smallest absolute Gasteiger partial charge is 0.0815 e. The molecule has 1 aromatic rings. The highest BCUT2D eigenvalue weighted by atomic mass is 79.9. The van der Waals surface area contributed by atoms with Crippen molar-refractivity contribution in [1.29, 1.82) is 0 Å². The average molecular weight is 279 g/mol. The lowest BCUT2D eigenvalue weighted by atomic mass is 10.2. The molecule has 1 heterocycles. The summed E-state index contributed by atoms with van der Waals surface area (Å²) in [6, 6.07) is 5.92. The van der Waals surface area contributed by atoms with E-state index in [0.717, 1.165) is 21.8 Å². The van der Waals surface area contributed by atoms with Crippen molar-refractivity contribution in [3.8, 4) is 0 Å². The first-order chi connectivity index (χ1) is 6.29. The standard InChI is InChI=1S/C9H9BrClNS/c10-6-2-1-3-7(11)8(6)9-12-4-5-13-9/h1-3,9,12H,4-5H2. The molecule has 1 unspecified atom stereocenters. The van der Waals surface area contributed by atoms with Crippen LogP contribution in [0.3, 0.4) is 0 Å². The third kappa shape index (κ3) is 2.04. The predicted octanol–water partition coefficient (Wildman–Crippen LogP) is 3.44. The SMILES string of the molecule is Clc1cccc(Br)c1C1NCCS1. The highest BCUT2D eigenvalue weighted by Crippen LogP contribution is 2.38. The second-order valence-electron chi connectivity index (χ2n) is 2.84. The Balaban J connectivity index is 2.37. The molecule has 1 aromatic carbocycles. The van der Waals surface area contributed by atoms with E-state index in [2.05, 4.69) is 21.2 Å². The van der Waals surface area contributed by atoms with Gasteiger partial charge >= 0.3 is 0 Å². The Kier molecular flexibility index (Phi) is 3.19. The van der Waals surface area contributed by atoms with E-state index in [9.17, 15) is 0 Å². The molecule has 1 aliphatic heterocycles.